The molecule has 5 heteroatoms. The molecule has 0 aromatic carbocycles. The Morgan fingerprint density at radius 3 is 2.50 bits per heavy atom. The van der Waals surface area contributed by atoms with E-state index in [1.165, 1.54) is 23.3 Å². The average Bonchev–Trinajstić information content (AvgIpc) is 2.81. The summed E-state index contributed by atoms with van der Waals surface area (Å²) in [5.74, 6) is -0.251. The van der Waals surface area contributed by atoms with Crippen LogP contribution in [0.3, 0.4) is 0 Å². The van der Waals surface area contributed by atoms with Crippen LogP contribution in [-0.4, -0.2) is 28.0 Å². The molecule has 0 aliphatic heterocycles. The summed E-state index contributed by atoms with van der Waals surface area (Å²) in [5, 5.41) is 0.258. The molecule has 3 nitrogen and oxygen atoms in total. The molecular weight excluding hydrogens is 288 g/mol. The predicted octanol–water partition coefficient (Wildman–Crippen LogP) is 4.49. The second kappa shape index (κ2) is 6.87. The predicted molar refractivity (Wildman–Crippen MR) is 87.1 cm³/mol. The molecule has 1 aromatic rings. The number of carbonyl (C=O) groups excluding carboxylic acids is 1. The number of aryl methyl sites for hydroxylation is 1. The molecule has 0 saturated heterocycles. The van der Waals surface area contributed by atoms with E-state index in [4.69, 9.17) is 9.16 Å². The number of esters is 1. The van der Waals surface area contributed by atoms with Crippen molar-refractivity contribution in [3.05, 3.63) is 21.9 Å². The summed E-state index contributed by atoms with van der Waals surface area (Å²) in [6.07, 6.45) is 1.95. The molecule has 1 aromatic heterocycles. The van der Waals surface area contributed by atoms with Gasteiger partial charge in [0, 0.05) is 11.5 Å². The van der Waals surface area contributed by atoms with Crippen molar-refractivity contribution in [3.8, 4) is 0 Å². The highest BCUT2D eigenvalue weighted by molar-refractivity contribution is 7.13. The normalized spacial score (nSPS) is 12.5. The number of carbonyl (C=O) groups is 1. The van der Waals surface area contributed by atoms with Crippen molar-refractivity contribution in [1.29, 1.82) is 0 Å². The van der Waals surface area contributed by atoms with E-state index in [0.29, 0.717) is 4.88 Å². The summed E-state index contributed by atoms with van der Waals surface area (Å²) in [6.45, 7) is 12.1. The van der Waals surface area contributed by atoms with E-state index in [-0.39, 0.29) is 11.0 Å². The molecular formula is C15H26O3SSi. The van der Waals surface area contributed by atoms with Crippen LogP contribution in [0.5, 0.6) is 0 Å². The summed E-state index contributed by atoms with van der Waals surface area (Å²) >= 11 is 1.51. The van der Waals surface area contributed by atoms with E-state index >= 15 is 0 Å². The highest BCUT2D eigenvalue weighted by atomic mass is 32.1. The molecule has 0 bridgehead atoms. The van der Waals surface area contributed by atoms with Crippen LogP contribution in [0.4, 0.5) is 0 Å². The Morgan fingerprint density at radius 2 is 1.95 bits per heavy atom. The number of hydrogen-bond acceptors (Lipinski definition) is 4. The van der Waals surface area contributed by atoms with E-state index < -0.39 is 8.32 Å². The van der Waals surface area contributed by atoms with E-state index in [0.717, 1.165) is 19.4 Å². The highest BCUT2D eigenvalue weighted by Crippen LogP contribution is 2.36. The third kappa shape index (κ3) is 4.72. The van der Waals surface area contributed by atoms with Crippen molar-refractivity contribution in [3.63, 3.8) is 0 Å². The van der Waals surface area contributed by atoms with Gasteiger partial charge < -0.3 is 9.16 Å². The maximum absolute atomic E-state index is 11.4. The van der Waals surface area contributed by atoms with E-state index in [9.17, 15) is 4.79 Å². The number of ether oxygens (including phenoxy) is 1. The molecule has 0 fully saturated rings. The Balaban J connectivity index is 2.38. The number of methoxy groups -OCH3 is 1. The number of hydrogen-bond donors (Lipinski definition) is 0. The number of rotatable bonds is 6. The van der Waals surface area contributed by atoms with Gasteiger partial charge in [-0.15, -0.1) is 11.3 Å². The van der Waals surface area contributed by atoms with Crippen LogP contribution in [0.15, 0.2) is 12.1 Å². The Labute approximate surface area is 127 Å². The topological polar surface area (TPSA) is 35.5 Å². The molecule has 1 heterocycles. The fourth-order valence-corrected chi connectivity index (χ4v) is 3.57. The number of thiophene rings is 1. The first-order valence-corrected chi connectivity index (χ1v) is 10.7. The van der Waals surface area contributed by atoms with Crippen molar-refractivity contribution < 1.29 is 14.0 Å². The van der Waals surface area contributed by atoms with Crippen molar-refractivity contribution in [1.82, 2.24) is 0 Å². The van der Waals surface area contributed by atoms with Crippen molar-refractivity contribution in [2.75, 3.05) is 13.7 Å². The van der Waals surface area contributed by atoms with E-state index in [1.807, 2.05) is 12.1 Å². The fourth-order valence-electron chi connectivity index (χ4n) is 1.51. The van der Waals surface area contributed by atoms with Gasteiger partial charge in [0.15, 0.2) is 8.32 Å². The van der Waals surface area contributed by atoms with E-state index in [1.54, 1.807) is 0 Å². The van der Waals surface area contributed by atoms with Gasteiger partial charge in [-0.3, -0.25) is 0 Å². The summed E-state index contributed by atoms with van der Waals surface area (Å²) in [7, 11) is -0.221. The Bertz CT molecular complexity index is 446. The van der Waals surface area contributed by atoms with Crippen molar-refractivity contribution in [2.24, 2.45) is 0 Å². The minimum Gasteiger partial charge on any atom is -0.465 e. The van der Waals surface area contributed by atoms with E-state index in [2.05, 4.69) is 33.9 Å². The van der Waals surface area contributed by atoms with Crippen LogP contribution in [0, 0.1) is 0 Å². The summed E-state index contributed by atoms with van der Waals surface area (Å²) in [5.41, 5.74) is 0. The van der Waals surface area contributed by atoms with Crippen LogP contribution in [0.1, 0.15) is 41.7 Å². The molecule has 0 aliphatic carbocycles. The lowest BCUT2D eigenvalue weighted by atomic mass is 10.2. The van der Waals surface area contributed by atoms with Crippen LogP contribution in [0.25, 0.3) is 0 Å². The minimum absolute atomic E-state index is 0.251. The zero-order chi connectivity index (χ0) is 15.4. The lowest BCUT2D eigenvalue weighted by molar-refractivity contribution is 0.0606. The van der Waals surface area contributed by atoms with Gasteiger partial charge in [0.25, 0.3) is 0 Å². The Kier molecular flexibility index (Phi) is 5.98. The largest absolute Gasteiger partial charge is 0.465 e. The first kappa shape index (κ1) is 17.4. The summed E-state index contributed by atoms with van der Waals surface area (Å²) < 4.78 is 10.9. The highest BCUT2D eigenvalue weighted by Gasteiger charge is 2.36. The molecule has 0 aliphatic rings. The quantitative estimate of drug-likeness (QED) is 0.441. The van der Waals surface area contributed by atoms with Gasteiger partial charge in [-0.1, -0.05) is 20.8 Å². The van der Waals surface area contributed by atoms with Crippen molar-refractivity contribution >= 4 is 25.6 Å². The summed E-state index contributed by atoms with van der Waals surface area (Å²) in [4.78, 5) is 13.3. The van der Waals surface area contributed by atoms with Gasteiger partial charge in [-0.2, -0.15) is 0 Å². The van der Waals surface area contributed by atoms with Gasteiger partial charge >= 0.3 is 5.97 Å². The Morgan fingerprint density at radius 1 is 1.30 bits per heavy atom. The van der Waals surface area contributed by atoms with Crippen LogP contribution < -0.4 is 0 Å². The van der Waals surface area contributed by atoms with Crippen LogP contribution in [0.2, 0.25) is 18.1 Å². The first-order valence-electron chi connectivity index (χ1n) is 6.98. The van der Waals surface area contributed by atoms with Gasteiger partial charge in [0.1, 0.15) is 4.88 Å². The van der Waals surface area contributed by atoms with Crippen molar-refractivity contribution in [2.45, 2.75) is 51.7 Å². The van der Waals surface area contributed by atoms with Gasteiger partial charge in [-0.25, -0.2) is 4.79 Å². The molecule has 0 amide bonds. The second-order valence-corrected chi connectivity index (χ2v) is 12.4. The molecule has 114 valence electrons. The maximum Gasteiger partial charge on any atom is 0.348 e. The monoisotopic (exact) mass is 314 g/mol. The molecule has 0 spiro atoms. The lowest BCUT2D eigenvalue weighted by Gasteiger charge is -2.36. The minimum atomic E-state index is -1.63. The van der Waals surface area contributed by atoms with Crippen LogP contribution in [-0.2, 0) is 15.6 Å². The smallest absolute Gasteiger partial charge is 0.348 e. The molecule has 0 atom stereocenters. The zero-order valence-corrected chi connectivity index (χ0v) is 15.2. The summed E-state index contributed by atoms with van der Waals surface area (Å²) in [6, 6.07) is 3.84. The Hall–Kier alpha value is -0.653. The second-order valence-electron chi connectivity index (χ2n) is 6.47. The van der Waals surface area contributed by atoms with Gasteiger partial charge in [-0.05, 0) is 43.1 Å². The molecule has 1 rings (SSSR count). The molecule has 20 heavy (non-hydrogen) atoms. The lowest BCUT2D eigenvalue weighted by Crippen LogP contribution is -2.41. The molecule has 0 radical (unpaired) electrons. The van der Waals surface area contributed by atoms with Gasteiger partial charge in [0.05, 0.1) is 7.11 Å². The standard InChI is InChI=1S/C15H26O3SSi/c1-15(2,3)20(5,6)18-11-7-8-12-9-10-13(19-12)14(16)17-4/h9-10H,7-8,11H2,1-6H3. The molecule has 0 saturated carbocycles. The SMILES string of the molecule is COC(=O)c1ccc(CCCO[Si](C)(C)C(C)(C)C)s1. The first-order chi connectivity index (χ1) is 9.17. The third-order valence-corrected chi connectivity index (χ3v) is 9.55. The van der Waals surface area contributed by atoms with Gasteiger partial charge in [0.2, 0.25) is 0 Å². The fraction of sp³-hybridized carbons (Fsp3) is 0.667. The third-order valence-electron chi connectivity index (χ3n) is 3.88. The molecule has 0 unspecified atom stereocenters. The zero-order valence-electron chi connectivity index (χ0n) is 13.4. The average molecular weight is 315 g/mol. The maximum atomic E-state index is 11.4. The van der Waals surface area contributed by atoms with Crippen LogP contribution >= 0.6 is 11.3 Å². The molecule has 0 N–H and O–H groups in total.